The molecule has 1 aromatic heterocycles. The maximum absolute atomic E-state index is 12.8. The number of benzene rings is 2. The van der Waals surface area contributed by atoms with Gasteiger partial charge in [-0.3, -0.25) is 28.2 Å². The molecule has 15 nitrogen and oxygen atoms in total. The number of pyridine rings is 1. The molecule has 0 spiro atoms. The van der Waals surface area contributed by atoms with Crippen molar-refractivity contribution in [3.05, 3.63) is 53.3 Å². The number of nitrogens with zero attached hydrogens (tertiary/aromatic N) is 2. The van der Waals surface area contributed by atoms with Crippen LogP contribution in [0.1, 0.15) is 47.3 Å². The summed E-state index contributed by atoms with van der Waals surface area (Å²) in [6.07, 6.45) is 0. The Hall–Kier alpha value is -3.81. The summed E-state index contributed by atoms with van der Waals surface area (Å²) in [5.41, 5.74) is 1.01. The monoisotopic (exact) mass is 668 g/mol. The molecular weight excluding hydrogens is 641 g/mol. The largest absolute Gasteiger partial charge is 0.350 e. The normalized spacial score (nSPS) is 14.6. The van der Waals surface area contributed by atoms with E-state index in [0.29, 0.717) is 11.1 Å². The van der Waals surface area contributed by atoms with Crippen molar-refractivity contribution in [2.24, 2.45) is 4.99 Å². The minimum Gasteiger partial charge on any atom is -0.350 e. The maximum Gasteiger partial charge on any atom is 0.295 e. The Morgan fingerprint density at radius 2 is 1.30 bits per heavy atom. The van der Waals surface area contributed by atoms with Crippen molar-refractivity contribution in [1.82, 2.24) is 15.6 Å². The zero-order valence-corrected chi connectivity index (χ0v) is 26.0. The Bertz CT molecular complexity index is 2000. The van der Waals surface area contributed by atoms with Crippen LogP contribution >= 0.6 is 0 Å². The van der Waals surface area contributed by atoms with Gasteiger partial charge in [-0.25, -0.2) is 4.98 Å². The number of carbonyl (C=O) groups excluding carboxylic acids is 2. The van der Waals surface area contributed by atoms with Gasteiger partial charge in [-0.1, -0.05) is 26.0 Å². The number of rotatable bonds is 10. The van der Waals surface area contributed by atoms with Crippen LogP contribution in [0.3, 0.4) is 0 Å². The number of amides is 2. The van der Waals surface area contributed by atoms with Crippen LogP contribution in [0, 0.1) is 0 Å². The standard InChI is InChI=1S/C26H28N4O11S3/c1-14-26(2,3)23-17-5-4-15(10-18(17)22(44(39,40)41)13-19(23)29-14)16-11-20(24(31)27-6-8-42(33,34)35)30-21(12-16)25(32)28-7-9-43(36,37)38/h4-5,10-13H,6-9H2,1-3H3,(H,27,31)(H,28,32)(H,33,34,35)(H,36,37,38)(H,39,40,41). The zero-order valence-electron chi connectivity index (χ0n) is 23.5. The number of carbonyl (C=O) groups is 2. The van der Waals surface area contributed by atoms with Gasteiger partial charge in [-0.15, -0.1) is 0 Å². The van der Waals surface area contributed by atoms with Crippen molar-refractivity contribution in [2.45, 2.75) is 31.1 Å². The molecule has 44 heavy (non-hydrogen) atoms. The molecule has 236 valence electrons. The lowest BCUT2D eigenvalue weighted by molar-refractivity contribution is 0.0947. The average molecular weight is 669 g/mol. The van der Waals surface area contributed by atoms with E-state index in [1.54, 1.807) is 19.1 Å². The number of aliphatic imine (C=N–C) groups is 1. The summed E-state index contributed by atoms with van der Waals surface area (Å²) in [5, 5.41) is 5.13. The first-order valence-electron chi connectivity index (χ1n) is 12.8. The van der Waals surface area contributed by atoms with Gasteiger partial charge in [0.05, 0.1) is 17.2 Å². The van der Waals surface area contributed by atoms with E-state index < -0.39 is 77.1 Å². The van der Waals surface area contributed by atoms with E-state index in [1.165, 1.54) is 24.3 Å². The highest BCUT2D eigenvalue weighted by molar-refractivity contribution is 7.86. The molecule has 0 saturated heterocycles. The van der Waals surface area contributed by atoms with E-state index >= 15 is 0 Å². The number of hydrogen-bond donors (Lipinski definition) is 5. The van der Waals surface area contributed by atoms with Crippen molar-refractivity contribution >= 4 is 64.3 Å². The van der Waals surface area contributed by atoms with E-state index in [1.807, 2.05) is 13.8 Å². The van der Waals surface area contributed by atoms with E-state index in [-0.39, 0.29) is 27.9 Å². The predicted octanol–water partition coefficient (Wildman–Crippen LogP) is 1.77. The van der Waals surface area contributed by atoms with Crippen LogP contribution < -0.4 is 10.6 Å². The smallest absolute Gasteiger partial charge is 0.295 e. The van der Waals surface area contributed by atoms with E-state index in [4.69, 9.17) is 9.11 Å². The third-order valence-electron chi connectivity index (χ3n) is 7.09. The first-order valence-corrected chi connectivity index (χ1v) is 17.5. The Morgan fingerprint density at radius 1 is 0.773 bits per heavy atom. The Labute approximate surface area is 253 Å². The summed E-state index contributed by atoms with van der Waals surface area (Å²) in [6, 6.07) is 8.41. The van der Waals surface area contributed by atoms with Crippen LogP contribution in [-0.2, 0) is 35.8 Å². The molecule has 0 unspecified atom stereocenters. The van der Waals surface area contributed by atoms with Crippen LogP contribution in [0.15, 0.2) is 46.3 Å². The molecule has 0 saturated carbocycles. The molecule has 2 aromatic carbocycles. The van der Waals surface area contributed by atoms with Crippen LogP contribution in [-0.4, -0.2) is 86.0 Å². The highest BCUT2D eigenvalue weighted by Gasteiger charge is 2.36. The van der Waals surface area contributed by atoms with Crippen LogP contribution in [0.2, 0.25) is 0 Å². The molecule has 0 atom stereocenters. The van der Waals surface area contributed by atoms with E-state index in [2.05, 4.69) is 20.6 Å². The molecule has 2 amide bonds. The van der Waals surface area contributed by atoms with Crippen LogP contribution in [0.5, 0.6) is 0 Å². The summed E-state index contributed by atoms with van der Waals surface area (Å²) in [4.78, 5) is 33.7. The van der Waals surface area contributed by atoms with Gasteiger partial charge >= 0.3 is 0 Å². The minimum absolute atomic E-state index is 0.136. The van der Waals surface area contributed by atoms with Gasteiger partial charge in [-0.2, -0.15) is 25.3 Å². The van der Waals surface area contributed by atoms with Gasteiger partial charge in [-0.05, 0) is 53.3 Å². The summed E-state index contributed by atoms with van der Waals surface area (Å²) in [7, 11) is -13.5. The molecule has 3 aromatic rings. The topological polar surface area (TPSA) is 247 Å². The Balaban J connectivity index is 1.86. The molecule has 0 bridgehead atoms. The lowest BCUT2D eigenvalue weighted by Crippen LogP contribution is -2.32. The third kappa shape index (κ3) is 7.28. The third-order valence-corrected chi connectivity index (χ3v) is 9.42. The second-order valence-electron chi connectivity index (χ2n) is 10.5. The molecule has 1 aliphatic rings. The average Bonchev–Trinajstić information content (AvgIpc) is 3.13. The first-order chi connectivity index (χ1) is 20.2. The van der Waals surface area contributed by atoms with Gasteiger partial charge < -0.3 is 10.6 Å². The van der Waals surface area contributed by atoms with Gasteiger partial charge in [0.15, 0.2) is 0 Å². The van der Waals surface area contributed by atoms with Crippen molar-refractivity contribution in [2.75, 3.05) is 24.6 Å². The molecule has 0 fully saturated rings. The molecule has 0 radical (unpaired) electrons. The number of nitrogens with one attached hydrogen (secondary N) is 2. The van der Waals surface area contributed by atoms with Gasteiger partial charge in [0, 0.05) is 29.6 Å². The fraction of sp³-hybridized carbons (Fsp3) is 0.308. The quantitative estimate of drug-likeness (QED) is 0.194. The fourth-order valence-electron chi connectivity index (χ4n) is 4.72. The molecular formula is C26H28N4O11S3. The number of aromatic nitrogens is 1. The van der Waals surface area contributed by atoms with Gasteiger partial charge in [0.1, 0.15) is 16.3 Å². The first kappa shape index (κ1) is 33.1. The second-order valence-corrected chi connectivity index (χ2v) is 15.1. The van der Waals surface area contributed by atoms with E-state index in [9.17, 15) is 39.4 Å². The number of hydrogen-bond acceptors (Lipinski definition) is 10. The highest BCUT2D eigenvalue weighted by atomic mass is 32.2. The lowest BCUT2D eigenvalue weighted by atomic mass is 9.79. The molecule has 5 N–H and O–H groups in total. The summed E-state index contributed by atoms with van der Waals surface area (Å²) in [5.74, 6) is -3.44. The van der Waals surface area contributed by atoms with Crippen molar-refractivity contribution < 1.29 is 48.5 Å². The molecule has 1 aliphatic heterocycles. The van der Waals surface area contributed by atoms with Crippen molar-refractivity contribution in [1.29, 1.82) is 0 Å². The molecule has 0 aliphatic carbocycles. The van der Waals surface area contributed by atoms with E-state index in [0.717, 1.165) is 11.3 Å². The summed E-state index contributed by atoms with van der Waals surface area (Å²) < 4.78 is 97.0. The second kappa shape index (κ2) is 11.6. The Kier molecular flexibility index (Phi) is 8.73. The van der Waals surface area contributed by atoms with Crippen molar-refractivity contribution in [3.8, 4) is 11.1 Å². The van der Waals surface area contributed by atoms with Gasteiger partial charge in [0.2, 0.25) is 0 Å². The van der Waals surface area contributed by atoms with Gasteiger partial charge in [0.25, 0.3) is 42.2 Å². The summed E-state index contributed by atoms with van der Waals surface area (Å²) >= 11 is 0. The maximum atomic E-state index is 12.8. The minimum atomic E-state index is -4.74. The summed E-state index contributed by atoms with van der Waals surface area (Å²) in [6.45, 7) is 4.65. The SMILES string of the molecule is CC1=Nc2cc(S(=O)(=O)O)c3cc(-c4cc(C(=O)NCCS(=O)(=O)O)nc(C(=O)NCCS(=O)(=O)O)c4)ccc3c2C1(C)C. The molecule has 18 heteroatoms. The molecule has 2 heterocycles. The van der Waals surface area contributed by atoms with Crippen molar-refractivity contribution in [3.63, 3.8) is 0 Å². The highest BCUT2D eigenvalue weighted by Crippen LogP contribution is 2.47. The Morgan fingerprint density at radius 3 is 1.77 bits per heavy atom. The zero-order chi connectivity index (χ0) is 32.8. The predicted molar refractivity (Wildman–Crippen MR) is 160 cm³/mol. The fourth-order valence-corrected chi connectivity index (χ4v) is 6.14. The molecule has 4 rings (SSSR count). The van der Waals surface area contributed by atoms with Crippen LogP contribution in [0.4, 0.5) is 5.69 Å². The lowest BCUT2D eigenvalue weighted by Gasteiger charge is -2.23. The number of fused-ring (bicyclic) bond motifs is 3. The van der Waals surface area contributed by atoms with Crippen LogP contribution in [0.25, 0.3) is 21.9 Å².